The first-order chi connectivity index (χ1) is 25.2. The molecular formula is C48H94O3. The second-order valence-electron chi connectivity index (χ2n) is 16.5. The van der Waals surface area contributed by atoms with E-state index in [0.29, 0.717) is 12.8 Å². The maximum absolute atomic E-state index is 12.0. The number of rotatable bonds is 44. The van der Waals surface area contributed by atoms with Crippen molar-refractivity contribution in [3.8, 4) is 0 Å². The summed E-state index contributed by atoms with van der Waals surface area (Å²) >= 11 is 0. The van der Waals surface area contributed by atoms with Gasteiger partial charge in [0, 0.05) is 12.8 Å². The average Bonchev–Trinajstić information content (AvgIpc) is 3.12. The van der Waals surface area contributed by atoms with Crippen molar-refractivity contribution in [2.24, 2.45) is 0 Å². The van der Waals surface area contributed by atoms with Gasteiger partial charge < -0.3 is 4.74 Å². The Morgan fingerprint density at radius 3 is 0.529 bits per heavy atom. The molecule has 0 N–H and O–H groups in total. The van der Waals surface area contributed by atoms with Gasteiger partial charge in [-0.3, -0.25) is 9.59 Å². The summed E-state index contributed by atoms with van der Waals surface area (Å²) in [4.78, 5) is 24.0. The van der Waals surface area contributed by atoms with Crippen molar-refractivity contribution in [1.29, 1.82) is 0 Å². The largest absolute Gasteiger partial charge is 0.393 e. The SMILES string of the molecule is CCCCCCCCCCCCCCCCCCCCCCCCCCCCCCCC(=O)OC(=O)CCCCCCCCCCCCCCC. The number of unbranched alkanes of at least 4 members (excludes halogenated alkanes) is 40. The average molecular weight is 719 g/mol. The predicted octanol–water partition coefficient (Wildman–Crippen LogP) is 17.3. The molecule has 0 radical (unpaired) electrons. The van der Waals surface area contributed by atoms with Gasteiger partial charge in [0.05, 0.1) is 0 Å². The fourth-order valence-electron chi connectivity index (χ4n) is 7.63. The van der Waals surface area contributed by atoms with E-state index in [1.54, 1.807) is 0 Å². The zero-order chi connectivity index (χ0) is 37.0. The third kappa shape index (κ3) is 45.2. The topological polar surface area (TPSA) is 43.4 Å². The fourth-order valence-corrected chi connectivity index (χ4v) is 7.63. The van der Waals surface area contributed by atoms with E-state index >= 15 is 0 Å². The van der Waals surface area contributed by atoms with Crippen molar-refractivity contribution in [2.45, 2.75) is 296 Å². The maximum Gasteiger partial charge on any atom is 0.313 e. The molecule has 0 heterocycles. The molecule has 0 saturated heterocycles. The second-order valence-corrected chi connectivity index (χ2v) is 16.5. The minimum atomic E-state index is -0.321. The number of esters is 2. The first-order valence-electron chi connectivity index (χ1n) is 23.9. The Labute approximate surface area is 321 Å². The number of ether oxygens (including phenoxy) is 1. The Morgan fingerprint density at radius 1 is 0.235 bits per heavy atom. The molecule has 51 heavy (non-hydrogen) atoms. The zero-order valence-corrected chi connectivity index (χ0v) is 35.3. The molecule has 0 unspecified atom stereocenters. The lowest BCUT2D eigenvalue weighted by atomic mass is 10.0. The van der Waals surface area contributed by atoms with Crippen LogP contribution in [0.5, 0.6) is 0 Å². The van der Waals surface area contributed by atoms with E-state index in [2.05, 4.69) is 13.8 Å². The molecule has 0 aliphatic carbocycles. The summed E-state index contributed by atoms with van der Waals surface area (Å²) in [5.41, 5.74) is 0. The Morgan fingerprint density at radius 2 is 0.373 bits per heavy atom. The van der Waals surface area contributed by atoms with Gasteiger partial charge in [0.25, 0.3) is 0 Å². The molecule has 0 saturated carbocycles. The van der Waals surface area contributed by atoms with Gasteiger partial charge in [-0.1, -0.05) is 271 Å². The Balaban J connectivity index is 3.21. The summed E-state index contributed by atoms with van der Waals surface area (Å²) < 4.78 is 5.04. The standard InChI is InChI=1S/C48H94O3/c1-3-5-7-9-11-13-15-17-18-19-20-21-22-23-24-25-26-27-28-29-30-31-32-34-36-38-40-42-44-46-48(50)51-47(49)45-43-41-39-37-35-33-16-14-12-10-8-6-4-2/h3-46H2,1-2H3. The van der Waals surface area contributed by atoms with Gasteiger partial charge in [0.15, 0.2) is 0 Å². The van der Waals surface area contributed by atoms with Gasteiger partial charge in [-0.25, -0.2) is 0 Å². The lowest BCUT2D eigenvalue weighted by molar-refractivity contribution is -0.159. The van der Waals surface area contributed by atoms with Crippen molar-refractivity contribution >= 4 is 11.9 Å². The van der Waals surface area contributed by atoms with Crippen LogP contribution in [-0.2, 0) is 14.3 Å². The van der Waals surface area contributed by atoms with Crippen LogP contribution in [0.3, 0.4) is 0 Å². The first kappa shape index (κ1) is 50.1. The molecule has 0 aliphatic heterocycles. The Kier molecular flexibility index (Phi) is 44.5. The normalized spacial score (nSPS) is 11.4. The molecule has 304 valence electrons. The summed E-state index contributed by atoms with van der Waals surface area (Å²) in [6, 6.07) is 0. The smallest absolute Gasteiger partial charge is 0.313 e. The van der Waals surface area contributed by atoms with Gasteiger partial charge in [-0.05, 0) is 12.8 Å². The van der Waals surface area contributed by atoms with Crippen LogP contribution >= 0.6 is 0 Å². The molecule has 0 rings (SSSR count). The summed E-state index contributed by atoms with van der Waals surface area (Å²) in [6.45, 7) is 4.57. The van der Waals surface area contributed by atoms with Crippen LogP contribution in [-0.4, -0.2) is 11.9 Å². The van der Waals surface area contributed by atoms with Gasteiger partial charge in [0.1, 0.15) is 0 Å². The van der Waals surface area contributed by atoms with Gasteiger partial charge in [0.2, 0.25) is 0 Å². The molecular weight excluding hydrogens is 625 g/mol. The summed E-state index contributed by atoms with van der Waals surface area (Å²) in [5.74, 6) is -0.641. The molecule has 0 amide bonds. The van der Waals surface area contributed by atoms with E-state index < -0.39 is 0 Å². The number of carbonyl (C=O) groups excluding carboxylic acids is 2. The number of hydrogen-bond donors (Lipinski definition) is 0. The number of hydrogen-bond acceptors (Lipinski definition) is 3. The predicted molar refractivity (Wildman–Crippen MR) is 226 cm³/mol. The zero-order valence-electron chi connectivity index (χ0n) is 35.3. The molecule has 0 atom stereocenters. The Bertz CT molecular complexity index is 673. The summed E-state index contributed by atoms with van der Waals surface area (Å²) in [5, 5.41) is 0. The maximum atomic E-state index is 12.0. The van der Waals surface area contributed by atoms with Gasteiger partial charge in [-0.2, -0.15) is 0 Å². The van der Waals surface area contributed by atoms with E-state index in [1.165, 1.54) is 244 Å². The summed E-state index contributed by atoms with van der Waals surface area (Å²) in [7, 11) is 0. The van der Waals surface area contributed by atoms with Crippen LogP contribution in [0.4, 0.5) is 0 Å². The van der Waals surface area contributed by atoms with Crippen molar-refractivity contribution in [1.82, 2.24) is 0 Å². The molecule has 0 aromatic heterocycles. The highest BCUT2D eigenvalue weighted by Crippen LogP contribution is 2.17. The molecule has 3 nitrogen and oxygen atoms in total. The molecule has 3 heteroatoms. The molecule has 0 bridgehead atoms. The highest BCUT2D eigenvalue weighted by Gasteiger charge is 2.10. The number of carbonyl (C=O) groups is 2. The van der Waals surface area contributed by atoms with E-state index in [-0.39, 0.29) is 11.9 Å². The third-order valence-corrected chi connectivity index (χ3v) is 11.2. The van der Waals surface area contributed by atoms with Gasteiger partial charge in [-0.15, -0.1) is 0 Å². The lowest BCUT2D eigenvalue weighted by Gasteiger charge is -2.05. The lowest BCUT2D eigenvalue weighted by Crippen LogP contribution is -2.11. The van der Waals surface area contributed by atoms with Crippen LogP contribution in [0, 0.1) is 0 Å². The second kappa shape index (κ2) is 45.3. The van der Waals surface area contributed by atoms with Crippen LogP contribution in [0.1, 0.15) is 296 Å². The third-order valence-electron chi connectivity index (χ3n) is 11.2. The van der Waals surface area contributed by atoms with E-state index in [1.807, 2.05) is 0 Å². The highest BCUT2D eigenvalue weighted by molar-refractivity contribution is 5.85. The molecule has 0 aliphatic rings. The highest BCUT2D eigenvalue weighted by atomic mass is 16.6. The quantitative estimate of drug-likeness (QED) is 0.0358. The monoisotopic (exact) mass is 719 g/mol. The van der Waals surface area contributed by atoms with Crippen LogP contribution in [0.2, 0.25) is 0 Å². The molecule has 0 aromatic rings. The van der Waals surface area contributed by atoms with E-state index in [4.69, 9.17) is 4.74 Å². The van der Waals surface area contributed by atoms with Crippen molar-refractivity contribution in [3.05, 3.63) is 0 Å². The fraction of sp³-hybridized carbons (Fsp3) is 0.958. The van der Waals surface area contributed by atoms with Crippen LogP contribution < -0.4 is 0 Å². The minimum absolute atomic E-state index is 0.320. The first-order valence-corrected chi connectivity index (χ1v) is 23.9. The summed E-state index contributed by atoms with van der Waals surface area (Å²) in [6.07, 6.45) is 57.9. The van der Waals surface area contributed by atoms with Gasteiger partial charge >= 0.3 is 11.9 Å². The molecule has 0 spiro atoms. The van der Waals surface area contributed by atoms with Crippen molar-refractivity contribution in [3.63, 3.8) is 0 Å². The van der Waals surface area contributed by atoms with E-state index in [9.17, 15) is 9.59 Å². The van der Waals surface area contributed by atoms with Crippen molar-refractivity contribution < 1.29 is 14.3 Å². The van der Waals surface area contributed by atoms with Crippen LogP contribution in [0.15, 0.2) is 0 Å². The van der Waals surface area contributed by atoms with Crippen LogP contribution in [0.25, 0.3) is 0 Å². The minimum Gasteiger partial charge on any atom is -0.393 e. The Hall–Kier alpha value is -0.860. The molecule has 0 aromatic carbocycles. The van der Waals surface area contributed by atoms with E-state index in [0.717, 1.165) is 25.7 Å². The van der Waals surface area contributed by atoms with Crippen molar-refractivity contribution in [2.75, 3.05) is 0 Å². The molecule has 0 fully saturated rings.